The first-order valence-corrected chi connectivity index (χ1v) is 7.34. The highest BCUT2D eigenvalue weighted by molar-refractivity contribution is 5.97. The Kier molecular flexibility index (Phi) is 6.90. The van der Waals surface area contributed by atoms with Crippen molar-refractivity contribution in [1.29, 1.82) is 5.26 Å². The monoisotopic (exact) mass is 289 g/mol. The van der Waals surface area contributed by atoms with E-state index in [1.165, 1.54) is 6.92 Å². The zero-order valence-corrected chi connectivity index (χ0v) is 13.0. The van der Waals surface area contributed by atoms with Crippen molar-refractivity contribution in [2.45, 2.75) is 59.2 Å². The standard InChI is InChI=1S/C17H23NO3/c1-4-6-16-14(11-21-12(2)7-5-10-18)8-9-15(13(3)19)17(16)20/h8-9,12,20H,4-7,11H2,1-3H3. The average Bonchev–Trinajstić information content (AvgIpc) is 2.45. The molecule has 4 heteroatoms. The third kappa shape index (κ3) is 4.87. The summed E-state index contributed by atoms with van der Waals surface area (Å²) in [6.07, 6.45) is 2.74. The number of Topliss-reactive ketones (excluding diaryl/α,β-unsaturated/α-hetero) is 1. The molecular formula is C17H23NO3. The van der Waals surface area contributed by atoms with Gasteiger partial charge in [0.25, 0.3) is 0 Å². The van der Waals surface area contributed by atoms with Crippen LogP contribution in [0, 0.1) is 11.3 Å². The second kappa shape index (κ2) is 8.43. The van der Waals surface area contributed by atoms with Crippen LogP contribution < -0.4 is 0 Å². The molecule has 0 spiro atoms. The first-order valence-electron chi connectivity index (χ1n) is 7.34. The number of rotatable bonds is 8. The Morgan fingerprint density at radius 1 is 1.48 bits per heavy atom. The molecule has 114 valence electrons. The van der Waals surface area contributed by atoms with Crippen molar-refractivity contribution < 1.29 is 14.6 Å². The third-order valence-corrected chi connectivity index (χ3v) is 3.45. The van der Waals surface area contributed by atoms with Crippen LogP contribution >= 0.6 is 0 Å². The Morgan fingerprint density at radius 3 is 2.76 bits per heavy atom. The summed E-state index contributed by atoms with van der Waals surface area (Å²) in [4.78, 5) is 11.5. The van der Waals surface area contributed by atoms with Gasteiger partial charge in [0, 0.05) is 12.0 Å². The minimum atomic E-state index is -0.139. The van der Waals surface area contributed by atoms with Crippen LogP contribution in [0.15, 0.2) is 12.1 Å². The van der Waals surface area contributed by atoms with E-state index in [0.717, 1.165) is 17.5 Å². The van der Waals surface area contributed by atoms with Crippen LogP contribution in [0.4, 0.5) is 0 Å². The van der Waals surface area contributed by atoms with Gasteiger partial charge in [-0.3, -0.25) is 4.79 Å². The van der Waals surface area contributed by atoms with Crippen molar-refractivity contribution in [2.75, 3.05) is 0 Å². The second-order valence-corrected chi connectivity index (χ2v) is 5.22. The van der Waals surface area contributed by atoms with E-state index in [-0.39, 0.29) is 17.6 Å². The van der Waals surface area contributed by atoms with E-state index >= 15 is 0 Å². The lowest BCUT2D eigenvalue weighted by molar-refractivity contribution is 0.0480. The van der Waals surface area contributed by atoms with Gasteiger partial charge in [0.2, 0.25) is 0 Å². The predicted octanol–water partition coefficient (Wildman–Crippen LogP) is 3.76. The van der Waals surface area contributed by atoms with Gasteiger partial charge in [0.1, 0.15) is 5.75 Å². The van der Waals surface area contributed by atoms with E-state index in [4.69, 9.17) is 10.00 Å². The van der Waals surface area contributed by atoms with Crippen molar-refractivity contribution in [3.63, 3.8) is 0 Å². The number of nitriles is 1. The summed E-state index contributed by atoms with van der Waals surface area (Å²) < 4.78 is 5.73. The zero-order valence-electron chi connectivity index (χ0n) is 13.0. The molecule has 0 aliphatic heterocycles. The fraction of sp³-hybridized carbons (Fsp3) is 0.529. The minimum absolute atomic E-state index is 0.00578. The van der Waals surface area contributed by atoms with Crippen molar-refractivity contribution in [2.24, 2.45) is 0 Å². The molecule has 21 heavy (non-hydrogen) atoms. The number of carbonyl (C=O) groups excluding carboxylic acids is 1. The lowest BCUT2D eigenvalue weighted by Crippen LogP contribution is -2.09. The van der Waals surface area contributed by atoms with Crippen LogP contribution in [0.1, 0.15) is 61.5 Å². The predicted molar refractivity (Wildman–Crippen MR) is 81.2 cm³/mol. The summed E-state index contributed by atoms with van der Waals surface area (Å²) in [6, 6.07) is 5.59. The number of hydrogen-bond acceptors (Lipinski definition) is 4. The molecule has 1 unspecified atom stereocenters. The smallest absolute Gasteiger partial charge is 0.163 e. The quantitative estimate of drug-likeness (QED) is 0.740. The van der Waals surface area contributed by atoms with Crippen LogP contribution in [-0.2, 0) is 17.8 Å². The third-order valence-electron chi connectivity index (χ3n) is 3.45. The SMILES string of the molecule is CCCc1c(COC(C)CCC#N)ccc(C(C)=O)c1O. The lowest BCUT2D eigenvalue weighted by Gasteiger charge is -2.16. The normalized spacial score (nSPS) is 11.9. The van der Waals surface area contributed by atoms with Gasteiger partial charge in [-0.15, -0.1) is 0 Å². The summed E-state index contributed by atoms with van der Waals surface area (Å²) >= 11 is 0. The van der Waals surface area contributed by atoms with Crippen LogP contribution in [-0.4, -0.2) is 17.0 Å². The van der Waals surface area contributed by atoms with Crippen molar-refractivity contribution in [3.8, 4) is 11.8 Å². The summed E-state index contributed by atoms with van der Waals surface area (Å²) in [6.45, 7) is 5.79. The molecule has 1 N–H and O–H groups in total. The van der Waals surface area contributed by atoms with E-state index in [1.807, 2.05) is 19.9 Å². The Balaban J connectivity index is 2.89. The van der Waals surface area contributed by atoms with E-state index in [2.05, 4.69) is 6.07 Å². The molecule has 0 heterocycles. The van der Waals surface area contributed by atoms with Crippen LogP contribution in [0.25, 0.3) is 0 Å². The highest BCUT2D eigenvalue weighted by Crippen LogP contribution is 2.28. The Labute approximate surface area is 126 Å². The van der Waals surface area contributed by atoms with Gasteiger partial charge in [-0.25, -0.2) is 0 Å². The largest absolute Gasteiger partial charge is 0.507 e. The van der Waals surface area contributed by atoms with Crippen molar-refractivity contribution in [3.05, 3.63) is 28.8 Å². The Bertz CT molecular complexity index is 532. The van der Waals surface area contributed by atoms with Gasteiger partial charge in [0.15, 0.2) is 5.78 Å². The molecule has 4 nitrogen and oxygen atoms in total. The average molecular weight is 289 g/mol. The molecule has 1 rings (SSSR count). The maximum atomic E-state index is 11.5. The Hall–Kier alpha value is -1.86. The number of hydrogen-bond donors (Lipinski definition) is 1. The number of ketones is 1. The fourth-order valence-electron chi connectivity index (χ4n) is 2.21. The van der Waals surface area contributed by atoms with Gasteiger partial charge >= 0.3 is 0 Å². The highest BCUT2D eigenvalue weighted by atomic mass is 16.5. The topological polar surface area (TPSA) is 70.3 Å². The van der Waals surface area contributed by atoms with E-state index < -0.39 is 0 Å². The molecule has 0 fully saturated rings. The molecule has 0 saturated heterocycles. The summed E-state index contributed by atoms with van der Waals surface area (Å²) in [5, 5.41) is 18.8. The number of ether oxygens (including phenoxy) is 1. The maximum Gasteiger partial charge on any atom is 0.163 e. The number of carbonyl (C=O) groups is 1. The summed E-state index contributed by atoms with van der Waals surface area (Å²) in [5.74, 6) is -0.0603. The number of nitrogens with zero attached hydrogens (tertiary/aromatic N) is 1. The van der Waals surface area contributed by atoms with Gasteiger partial charge in [-0.2, -0.15) is 5.26 Å². The number of benzene rings is 1. The number of phenolic OH excluding ortho intramolecular Hbond substituents is 1. The van der Waals surface area contributed by atoms with Crippen LogP contribution in [0.2, 0.25) is 0 Å². The molecule has 0 aromatic heterocycles. The Morgan fingerprint density at radius 2 is 2.19 bits per heavy atom. The highest BCUT2D eigenvalue weighted by Gasteiger charge is 2.15. The van der Waals surface area contributed by atoms with Crippen molar-refractivity contribution in [1.82, 2.24) is 0 Å². The molecule has 0 radical (unpaired) electrons. The summed E-state index contributed by atoms with van der Waals surface area (Å²) in [7, 11) is 0. The first-order chi connectivity index (χ1) is 10.0. The van der Waals surface area contributed by atoms with Gasteiger partial charge < -0.3 is 9.84 Å². The van der Waals surface area contributed by atoms with Gasteiger partial charge in [0.05, 0.1) is 24.3 Å². The minimum Gasteiger partial charge on any atom is -0.507 e. The molecular weight excluding hydrogens is 266 g/mol. The van der Waals surface area contributed by atoms with Gasteiger partial charge in [-0.05, 0) is 38.3 Å². The van der Waals surface area contributed by atoms with E-state index in [9.17, 15) is 9.90 Å². The molecule has 1 atom stereocenters. The molecule has 0 saturated carbocycles. The number of aromatic hydroxyl groups is 1. The van der Waals surface area contributed by atoms with E-state index in [0.29, 0.717) is 31.4 Å². The number of phenols is 1. The van der Waals surface area contributed by atoms with Crippen molar-refractivity contribution >= 4 is 5.78 Å². The van der Waals surface area contributed by atoms with Crippen LogP contribution in [0.5, 0.6) is 5.75 Å². The lowest BCUT2D eigenvalue weighted by atomic mass is 9.97. The van der Waals surface area contributed by atoms with Crippen LogP contribution in [0.3, 0.4) is 0 Å². The summed E-state index contributed by atoms with van der Waals surface area (Å²) in [5.41, 5.74) is 2.06. The molecule has 0 amide bonds. The fourth-order valence-corrected chi connectivity index (χ4v) is 2.21. The zero-order chi connectivity index (χ0) is 15.8. The molecule has 0 aliphatic carbocycles. The van der Waals surface area contributed by atoms with Gasteiger partial charge in [-0.1, -0.05) is 19.4 Å². The molecule has 1 aromatic rings. The molecule has 0 bridgehead atoms. The van der Waals surface area contributed by atoms with E-state index in [1.54, 1.807) is 6.07 Å². The second-order valence-electron chi connectivity index (χ2n) is 5.22. The molecule has 1 aromatic carbocycles. The first kappa shape index (κ1) is 17.2. The maximum absolute atomic E-state index is 11.5. The molecule has 0 aliphatic rings.